The van der Waals surface area contributed by atoms with E-state index in [1.54, 1.807) is 0 Å². The first kappa shape index (κ1) is 6.05. The first-order valence-electron chi connectivity index (χ1n) is 7.89. The summed E-state index contributed by atoms with van der Waals surface area (Å²) in [7, 11) is 1.29. The summed E-state index contributed by atoms with van der Waals surface area (Å²) in [5, 5.41) is 9.63. The third-order valence-corrected chi connectivity index (χ3v) is 2.39. The van der Waals surface area contributed by atoms with E-state index in [0.29, 0.717) is 5.39 Å². The molecule has 0 saturated heterocycles. The molecule has 1 unspecified atom stereocenters. The average Bonchev–Trinajstić information content (AvgIpc) is 2.43. The lowest BCUT2D eigenvalue weighted by molar-refractivity contribution is -0.138. The van der Waals surface area contributed by atoms with Crippen molar-refractivity contribution in [1.29, 1.82) is 0 Å². The van der Waals surface area contributed by atoms with Crippen LogP contribution in [-0.4, -0.2) is 18.2 Å². The Kier molecular flexibility index (Phi) is 1.59. The molecule has 0 amide bonds. The quantitative estimate of drug-likeness (QED) is 0.891. The molecule has 17 heavy (non-hydrogen) atoms. The van der Waals surface area contributed by atoms with Crippen molar-refractivity contribution >= 4 is 16.7 Å². The summed E-state index contributed by atoms with van der Waals surface area (Å²) in [5.41, 5.74) is 0.00228. The van der Waals surface area contributed by atoms with Crippen molar-refractivity contribution in [1.82, 2.24) is 0 Å². The molecule has 0 aliphatic heterocycles. The van der Waals surface area contributed by atoms with Crippen LogP contribution in [0.5, 0.6) is 5.75 Å². The van der Waals surface area contributed by atoms with Crippen LogP contribution < -0.4 is 4.74 Å². The lowest BCUT2D eigenvalue weighted by Crippen LogP contribution is -2.06. The van der Waals surface area contributed by atoms with E-state index in [0.717, 1.165) is 0 Å². The molecule has 0 fully saturated rings. The largest absolute Gasteiger partial charge is 0.497 e. The SMILES string of the molecule is [2H]c1c(OC)c([2H])c2ccc(C(C(=O)O)C([2H])([2H])[2H])cc2c1[2H]. The molecule has 0 radical (unpaired) electrons. The Balaban J connectivity index is 2.77. The number of ether oxygens (including phenoxy) is 1. The van der Waals surface area contributed by atoms with Gasteiger partial charge in [0.25, 0.3) is 0 Å². The molecule has 2 aromatic rings. The molecule has 88 valence electrons. The Hall–Kier alpha value is -2.03. The Bertz CT molecular complexity index is 784. The van der Waals surface area contributed by atoms with E-state index in [9.17, 15) is 9.90 Å². The summed E-state index contributed by atoms with van der Waals surface area (Å²) in [5.74, 6) is -3.29. The van der Waals surface area contributed by atoms with E-state index in [4.69, 9.17) is 13.0 Å². The first-order chi connectivity index (χ1) is 10.6. The molecule has 2 aromatic carbocycles. The number of benzene rings is 2. The molecule has 0 saturated carbocycles. The van der Waals surface area contributed by atoms with Gasteiger partial charge >= 0.3 is 5.97 Å². The van der Waals surface area contributed by atoms with Crippen molar-refractivity contribution in [2.75, 3.05) is 7.11 Å². The first-order valence-corrected chi connectivity index (χ1v) is 4.89. The van der Waals surface area contributed by atoms with E-state index < -0.39 is 18.7 Å². The lowest BCUT2D eigenvalue weighted by Gasteiger charge is -2.08. The van der Waals surface area contributed by atoms with Crippen LogP contribution in [0.4, 0.5) is 0 Å². The highest BCUT2D eigenvalue weighted by Crippen LogP contribution is 2.25. The van der Waals surface area contributed by atoms with Gasteiger partial charge in [0.15, 0.2) is 0 Å². The molecule has 2 rings (SSSR count). The van der Waals surface area contributed by atoms with Gasteiger partial charge in [0.05, 0.1) is 17.1 Å². The highest BCUT2D eigenvalue weighted by Gasteiger charge is 2.13. The molecule has 1 N–H and O–H groups in total. The fourth-order valence-electron chi connectivity index (χ4n) is 1.48. The summed E-state index contributed by atoms with van der Waals surface area (Å²) in [6, 6.07) is 3.30. The maximum absolute atomic E-state index is 11.3. The summed E-state index contributed by atoms with van der Waals surface area (Å²) < 4.78 is 50.9. The van der Waals surface area contributed by atoms with E-state index in [2.05, 4.69) is 0 Å². The minimum atomic E-state index is -2.75. The minimum Gasteiger partial charge on any atom is -0.497 e. The second-order valence-corrected chi connectivity index (χ2v) is 3.48. The van der Waals surface area contributed by atoms with Gasteiger partial charge in [-0.3, -0.25) is 4.79 Å². The Morgan fingerprint density at radius 2 is 2.29 bits per heavy atom. The summed E-state index contributed by atoms with van der Waals surface area (Å²) >= 11 is 0. The maximum atomic E-state index is 11.3. The second kappa shape index (κ2) is 4.45. The van der Waals surface area contributed by atoms with Crippen LogP contribution in [0.25, 0.3) is 10.8 Å². The normalized spacial score (nSPS) is 18.2. The van der Waals surface area contributed by atoms with Crippen molar-refractivity contribution in [3.8, 4) is 5.75 Å². The number of carboxylic acids is 1. The molecule has 0 aromatic heterocycles. The van der Waals surface area contributed by atoms with E-state index >= 15 is 0 Å². The molecule has 3 nitrogen and oxygen atoms in total. The van der Waals surface area contributed by atoms with Gasteiger partial charge in [-0.25, -0.2) is 0 Å². The number of aliphatic carboxylic acids is 1. The second-order valence-electron chi connectivity index (χ2n) is 3.48. The molecule has 0 heterocycles. The number of carboxylic acid groups (broad SMARTS) is 1. The minimum absolute atomic E-state index is 0.00228. The monoisotopic (exact) mass is 236 g/mol. The predicted molar refractivity (Wildman–Crippen MR) is 66.6 cm³/mol. The van der Waals surface area contributed by atoms with Gasteiger partial charge in [0.1, 0.15) is 5.75 Å². The number of rotatable bonds is 3. The highest BCUT2D eigenvalue weighted by molar-refractivity contribution is 5.86. The van der Waals surface area contributed by atoms with E-state index in [-0.39, 0.29) is 34.8 Å². The zero-order valence-corrected chi connectivity index (χ0v) is 9.07. The van der Waals surface area contributed by atoms with Gasteiger partial charge in [-0.2, -0.15) is 0 Å². The molecule has 0 bridgehead atoms. The highest BCUT2D eigenvalue weighted by atomic mass is 16.5. The number of hydrogen-bond acceptors (Lipinski definition) is 2. The van der Waals surface area contributed by atoms with Crippen LogP contribution in [0.2, 0.25) is 0 Å². The standard InChI is InChI=1S/C14H14O3/c1-9(14(15)16)10-3-4-12-8-13(17-2)6-5-11(12)7-10/h3-9H,1-2H3,(H,15,16)/i1D3,5D,6D,8D. The fourth-order valence-corrected chi connectivity index (χ4v) is 1.48. The molecule has 3 heteroatoms. The summed E-state index contributed by atoms with van der Waals surface area (Å²) in [6.45, 7) is -2.75. The zero-order chi connectivity index (χ0) is 17.5. The molecule has 0 spiro atoms. The summed E-state index contributed by atoms with van der Waals surface area (Å²) in [6.07, 6.45) is 0. The van der Waals surface area contributed by atoms with Crippen LogP contribution in [-0.2, 0) is 4.79 Å². The molecule has 0 aliphatic rings. The van der Waals surface area contributed by atoms with Gasteiger partial charge in [-0.1, -0.05) is 24.2 Å². The third kappa shape index (κ3) is 2.23. The zero-order valence-electron chi connectivity index (χ0n) is 15.1. The van der Waals surface area contributed by atoms with Crippen molar-refractivity contribution in [3.63, 3.8) is 0 Å². The van der Waals surface area contributed by atoms with Gasteiger partial charge in [-0.15, -0.1) is 0 Å². The predicted octanol–water partition coefficient (Wildman–Crippen LogP) is 3.04. The Morgan fingerprint density at radius 3 is 2.94 bits per heavy atom. The number of methoxy groups -OCH3 is 1. The van der Waals surface area contributed by atoms with E-state index in [1.807, 2.05) is 0 Å². The molecular formula is C14H14O3. The number of carbonyl (C=O) groups is 1. The summed E-state index contributed by atoms with van der Waals surface area (Å²) in [4.78, 5) is 11.3. The lowest BCUT2D eigenvalue weighted by atomic mass is 9.98. The van der Waals surface area contributed by atoms with Crippen molar-refractivity contribution in [3.05, 3.63) is 41.9 Å². The van der Waals surface area contributed by atoms with Crippen molar-refractivity contribution < 1.29 is 22.9 Å². The Labute approximate surface area is 108 Å². The smallest absolute Gasteiger partial charge is 0.310 e. The number of hydrogen-bond donors (Lipinski definition) is 1. The van der Waals surface area contributed by atoms with Crippen LogP contribution in [0.15, 0.2) is 36.3 Å². The maximum Gasteiger partial charge on any atom is 0.310 e. The van der Waals surface area contributed by atoms with Crippen LogP contribution in [0.3, 0.4) is 0 Å². The van der Waals surface area contributed by atoms with Crippen LogP contribution in [0.1, 0.15) is 26.6 Å². The fraction of sp³-hybridized carbons (Fsp3) is 0.214. The van der Waals surface area contributed by atoms with Gasteiger partial charge in [0.2, 0.25) is 0 Å². The topological polar surface area (TPSA) is 46.5 Å². The van der Waals surface area contributed by atoms with Gasteiger partial charge in [-0.05, 0) is 35.3 Å². The van der Waals surface area contributed by atoms with Crippen LogP contribution in [0, 0.1) is 0 Å². The molecular weight excluding hydrogens is 216 g/mol. The van der Waals surface area contributed by atoms with Gasteiger partial charge in [0, 0.05) is 4.11 Å². The molecule has 0 aliphatic carbocycles. The van der Waals surface area contributed by atoms with Crippen molar-refractivity contribution in [2.24, 2.45) is 0 Å². The number of fused-ring (bicyclic) bond motifs is 1. The molecule has 1 atom stereocenters. The van der Waals surface area contributed by atoms with Gasteiger partial charge < -0.3 is 9.84 Å². The van der Waals surface area contributed by atoms with Crippen LogP contribution >= 0.6 is 0 Å². The average molecular weight is 236 g/mol. The van der Waals surface area contributed by atoms with E-state index in [1.165, 1.54) is 25.3 Å². The van der Waals surface area contributed by atoms with Crippen molar-refractivity contribution in [2.45, 2.75) is 12.8 Å². The Morgan fingerprint density at radius 1 is 1.47 bits per heavy atom. The third-order valence-electron chi connectivity index (χ3n) is 2.39.